The van der Waals surface area contributed by atoms with E-state index < -0.39 is 10.2 Å². The summed E-state index contributed by atoms with van der Waals surface area (Å²) in [6.45, 7) is 3.74. The quantitative estimate of drug-likeness (QED) is 0.366. The Kier molecular flexibility index (Phi) is 9.51. The first kappa shape index (κ1) is 23.3. The molecule has 145 valence electrons. The number of aromatic nitrogens is 3. The van der Waals surface area contributed by atoms with Gasteiger partial charge in [-0.05, 0) is 11.5 Å². The van der Waals surface area contributed by atoms with Gasteiger partial charge in [0.05, 0.1) is 10.2 Å². The zero-order valence-electron chi connectivity index (χ0n) is 13.4. The molecule has 3 rings (SSSR count). The second-order valence-electron chi connectivity index (χ2n) is 4.40. The van der Waals surface area contributed by atoms with E-state index in [-0.39, 0.29) is 17.1 Å². The minimum Gasteiger partial charge on any atom is -0.383 e. The molecule has 2 heterocycles. The zero-order valence-corrected chi connectivity index (χ0v) is 14.3. The van der Waals surface area contributed by atoms with Crippen LogP contribution in [0, 0.1) is 30.6 Å². The molecular formula is C14H12CuN6O6. The van der Waals surface area contributed by atoms with Gasteiger partial charge in [-0.1, -0.05) is 30.8 Å². The predicted molar refractivity (Wildman–Crippen MR) is 94.5 cm³/mol. The van der Waals surface area contributed by atoms with Crippen LogP contribution in [-0.2, 0) is 17.1 Å². The van der Waals surface area contributed by atoms with Crippen LogP contribution in [0.15, 0.2) is 49.3 Å². The van der Waals surface area contributed by atoms with E-state index in [1.54, 1.807) is 12.4 Å². The van der Waals surface area contributed by atoms with Gasteiger partial charge in [0.15, 0.2) is 5.82 Å². The van der Waals surface area contributed by atoms with Gasteiger partial charge in [0.2, 0.25) is 0 Å². The molecule has 0 spiro atoms. The maximum atomic E-state index is 8.25. The molecular weight excluding hydrogens is 412 g/mol. The zero-order chi connectivity index (χ0) is 19.7. The fraction of sp³-hybridized carbons (Fsp3) is 0. The number of hydrogen-bond donors (Lipinski definition) is 1. The molecule has 12 nitrogen and oxygen atoms in total. The number of nitrogen functional groups attached to an aromatic ring is 1. The summed E-state index contributed by atoms with van der Waals surface area (Å²) >= 11 is 0. The van der Waals surface area contributed by atoms with Crippen molar-refractivity contribution in [2.24, 2.45) is 0 Å². The van der Waals surface area contributed by atoms with Crippen molar-refractivity contribution in [1.82, 2.24) is 14.5 Å². The van der Waals surface area contributed by atoms with Gasteiger partial charge in [-0.2, -0.15) is 0 Å². The summed E-state index contributed by atoms with van der Waals surface area (Å²) in [5.74, 6) is 1.25. The number of imidazole rings is 1. The monoisotopic (exact) mass is 423 g/mol. The topological polar surface area (TPSA) is 189 Å². The molecule has 0 aliphatic carbocycles. The smallest absolute Gasteiger partial charge is 0.383 e. The summed E-state index contributed by atoms with van der Waals surface area (Å²) in [6.07, 6.45) is 5.23. The molecule has 27 heavy (non-hydrogen) atoms. The molecule has 0 saturated heterocycles. The van der Waals surface area contributed by atoms with Crippen LogP contribution in [0.2, 0.25) is 0 Å². The summed E-state index contributed by atoms with van der Waals surface area (Å²) in [5, 5.41) is 31.5. The van der Waals surface area contributed by atoms with E-state index in [1.807, 2.05) is 41.1 Å². The first-order chi connectivity index (χ1) is 12.3. The Morgan fingerprint density at radius 1 is 1.11 bits per heavy atom. The SMILES string of the molecule is C=Cn1ccnc1-c1cc2ccccc2c(N)n1.O=[N+]([O-])[O-].O=[N+]([O-])[O-].[Cu+2]. The Balaban J connectivity index is 0.000000646. The Hall–Kier alpha value is -3.70. The van der Waals surface area contributed by atoms with Crippen molar-refractivity contribution in [2.45, 2.75) is 0 Å². The van der Waals surface area contributed by atoms with Crippen LogP contribution in [0.5, 0.6) is 0 Å². The average Bonchev–Trinajstić information content (AvgIpc) is 3.02. The number of rotatable bonds is 2. The van der Waals surface area contributed by atoms with Crippen LogP contribution >= 0.6 is 0 Å². The van der Waals surface area contributed by atoms with Gasteiger partial charge in [0, 0.05) is 24.0 Å². The third-order valence-corrected chi connectivity index (χ3v) is 2.86. The van der Waals surface area contributed by atoms with E-state index in [1.165, 1.54) is 0 Å². The molecule has 0 aliphatic rings. The van der Waals surface area contributed by atoms with Crippen molar-refractivity contribution in [3.05, 3.63) is 79.9 Å². The molecule has 1 aromatic carbocycles. The largest absolute Gasteiger partial charge is 2.00 e. The van der Waals surface area contributed by atoms with Crippen LogP contribution in [0.1, 0.15) is 0 Å². The Labute approximate surface area is 162 Å². The van der Waals surface area contributed by atoms with E-state index in [2.05, 4.69) is 16.5 Å². The minimum atomic E-state index is -1.75. The van der Waals surface area contributed by atoms with Crippen LogP contribution < -0.4 is 5.73 Å². The van der Waals surface area contributed by atoms with E-state index in [9.17, 15) is 0 Å². The minimum absolute atomic E-state index is 0. The maximum absolute atomic E-state index is 8.25. The van der Waals surface area contributed by atoms with Gasteiger partial charge in [-0.3, -0.25) is 0 Å². The van der Waals surface area contributed by atoms with Crippen LogP contribution in [0.25, 0.3) is 28.5 Å². The van der Waals surface area contributed by atoms with E-state index >= 15 is 0 Å². The first-order valence-corrected chi connectivity index (χ1v) is 6.70. The molecule has 0 bridgehead atoms. The Morgan fingerprint density at radius 2 is 1.67 bits per heavy atom. The van der Waals surface area contributed by atoms with E-state index in [0.717, 1.165) is 22.3 Å². The number of anilines is 1. The molecule has 0 unspecified atom stereocenters. The summed E-state index contributed by atoms with van der Waals surface area (Å²) in [6, 6.07) is 9.88. The van der Waals surface area contributed by atoms with Crippen molar-refractivity contribution < 1.29 is 27.2 Å². The standard InChI is InChI=1S/C14H12N4.Cu.2NO3/c1-2-18-8-7-16-14(18)12-9-10-5-3-4-6-11(10)13(15)17-12;;2*2-1(3)4/h2-9H,1H2,(H2,15,17);;;/q;+2;2*-1. The van der Waals surface area contributed by atoms with Crippen LogP contribution in [0.4, 0.5) is 5.82 Å². The second-order valence-corrected chi connectivity index (χ2v) is 4.40. The number of benzene rings is 1. The third kappa shape index (κ3) is 7.37. The van der Waals surface area contributed by atoms with Crippen LogP contribution in [-0.4, -0.2) is 24.7 Å². The number of fused-ring (bicyclic) bond motifs is 1. The van der Waals surface area contributed by atoms with E-state index in [4.69, 9.17) is 36.4 Å². The van der Waals surface area contributed by atoms with Crippen molar-refractivity contribution in [2.75, 3.05) is 5.73 Å². The van der Waals surface area contributed by atoms with Gasteiger partial charge >= 0.3 is 17.1 Å². The molecule has 0 aliphatic heterocycles. The Bertz CT molecular complexity index is 911. The first-order valence-electron chi connectivity index (χ1n) is 6.70. The van der Waals surface area contributed by atoms with Gasteiger partial charge in [-0.15, -0.1) is 0 Å². The van der Waals surface area contributed by atoms with Gasteiger partial charge in [-0.25, -0.2) is 9.97 Å². The van der Waals surface area contributed by atoms with Gasteiger partial charge in [0.25, 0.3) is 0 Å². The van der Waals surface area contributed by atoms with Crippen molar-refractivity contribution in [1.29, 1.82) is 0 Å². The molecule has 0 atom stereocenters. The number of nitrogens with zero attached hydrogens (tertiary/aromatic N) is 5. The number of nitrogens with two attached hydrogens (primary N) is 1. The van der Waals surface area contributed by atoms with Crippen molar-refractivity contribution in [3.63, 3.8) is 0 Å². The summed E-state index contributed by atoms with van der Waals surface area (Å²) in [7, 11) is 0. The summed E-state index contributed by atoms with van der Waals surface area (Å²) < 4.78 is 1.82. The van der Waals surface area contributed by atoms with Gasteiger partial charge in [0.1, 0.15) is 11.5 Å². The molecule has 13 heteroatoms. The number of hydrogen-bond acceptors (Lipinski definition) is 9. The molecule has 0 amide bonds. The predicted octanol–water partition coefficient (Wildman–Crippen LogP) is 2.30. The van der Waals surface area contributed by atoms with Gasteiger partial charge < -0.3 is 40.9 Å². The second kappa shape index (κ2) is 11.0. The fourth-order valence-electron chi connectivity index (χ4n) is 2.00. The molecule has 0 fully saturated rings. The molecule has 2 aromatic heterocycles. The molecule has 3 aromatic rings. The number of pyridine rings is 1. The maximum Gasteiger partial charge on any atom is 2.00 e. The summed E-state index contributed by atoms with van der Waals surface area (Å²) in [4.78, 5) is 25.2. The molecule has 2 N–H and O–H groups in total. The van der Waals surface area contributed by atoms with Crippen LogP contribution in [0.3, 0.4) is 0 Å². The molecule has 0 saturated carbocycles. The van der Waals surface area contributed by atoms with Crippen molar-refractivity contribution >= 4 is 22.8 Å². The molecule has 1 radical (unpaired) electrons. The third-order valence-electron chi connectivity index (χ3n) is 2.86. The Morgan fingerprint density at radius 3 is 2.22 bits per heavy atom. The van der Waals surface area contributed by atoms with E-state index in [0.29, 0.717) is 5.82 Å². The fourth-order valence-corrected chi connectivity index (χ4v) is 2.00. The average molecular weight is 424 g/mol. The summed E-state index contributed by atoms with van der Waals surface area (Å²) in [5.41, 5.74) is 6.73. The van der Waals surface area contributed by atoms with Crippen molar-refractivity contribution in [3.8, 4) is 11.5 Å². The normalized spacial score (nSPS) is 8.89.